The molecule has 1 amide bonds. The minimum atomic E-state index is 0.223. The lowest BCUT2D eigenvalue weighted by Crippen LogP contribution is -2.50. The molecular formula is C19H35N3O2. The van der Waals surface area contributed by atoms with Gasteiger partial charge in [-0.1, -0.05) is 0 Å². The summed E-state index contributed by atoms with van der Waals surface area (Å²) in [6, 6.07) is 0.992. The molecule has 5 heteroatoms. The van der Waals surface area contributed by atoms with Crippen molar-refractivity contribution >= 4 is 5.91 Å². The maximum absolute atomic E-state index is 12.4. The van der Waals surface area contributed by atoms with Crippen molar-refractivity contribution in [3.05, 3.63) is 0 Å². The molecule has 0 aliphatic carbocycles. The minimum Gasteiger partial charge on any atom is -0.381 e. The van der Waals surface area contributed by atoms with Crippen LogP contribution in [0.1, 0.15) is 52.4 Å². The summed E-state index contributed by atoms with van der Waals surface area (Å²) in [4.78, 5) is 17.2. The van der Waals surface area contributed by atoms with Crippen LogP contribution in [0.15, 0.2) is 0 Å². The fraction of sp³-hybridized carbons (Fsp3) is 0.947. The molecule has 3 heterocycles. The van der Waals surface area contributed by atoms with E-state index < -0.39 is 0 Å². The molecule has 5 nitrogen and oxygen atoms in total. The maximum atomic E-state index is 12.4. The molecule has 0 radical (unpaired) electrons. The van der Waals surface area contributed by atoms with Crippen LogP contribution in [0.25, 0.3) is 0 Å². The summed E-state index contributed by atoms with van der Waals surface area (Å²) in [7, 11) is 0. The Hall–Kier alpha value is -0.650. The van der Waals surface area contributed by atoms with Crippen LogP contribution in [0.4, 0.5) is 0 Å². The highest BCUT2D eigenvalue weighted by molar-refractivity contribution is 5.78. The van der Waals surface area contributed by atoms with E-state index >= 15 is 0 Å². The number of piperidine rings is 2. The van der Waals surface area contributed by atoms with Crippen molar-refractivity contribution in [2.45, 2.75) is 64.5 Å². The van der Waals surface area contributed by atoms with Gasteiger partial charge >= 0.3 is 0 Å². The molecule has 138 valence electrons. The summed E-state index contributed by atoms with van der Waals surface area (Å²) in [5, 5.41) is 3.27. The zero-order valence-electron chi connectivity index (χ0n) is 15.6. The Balaban J connectivity index is 1.36. The van der Waals surface area contributed by atoms with Crippen molar-refractivity contribution in [2.75, 3.05) is 45.9 Å². The number of ether oxygens (including phenoxy) is 1. The van der Waals surface area contributed by atoms with E-state index in [0.29, 0.717) is 24.0 Å². The molecule has 1 N–H and O–H groups in total. The zero-order chi connectivity index (χ0) is 17.0. The number of carbonyl (C=O) groups is 1. The maximum Gasteiger partial charge on any atom is 0.234 e. The largest absolute Gasteiger partial charge is 0.381 e. The van der Waals surface area contributed by atoms with Crippen LogP contribution in [0.3, 0.4) is 0 Å². The van der Waals surface area contributed by atoms with E-state index in [9.17, 15) is 4.79 Å². The van der Waals surface area contributed by atoms with Crippen molar-refractivity contribution in [2.24, 2.45) is 5.41 Å². The monoisotopic (exact) mass is 337 g/mol. The topological polar surface area (TPSA) is 44.8 Å². The van der Waals surface area contributed by atoms with Crippen LogP contribution in [0.2, 0.25) is 0 Å². The van der Waals surface area contributed by atoms with E-state index in [0.717, 1.165) is 52.2 Å². The van der Waals surface area contributed by atoms with Gasteiger partial charge in [-0.25, -0.2) is 0 Å². The van der Waals surface area contributed by atoms with Crippen molar-refractivity contribution in [1.82, 2.24) is 15.1 Å². The summed E-state index contributed by atoms with van der Waals surface area (Å²) in [6.45, 7) is 11.3. The predicted molar refractivity (Wildman–Crippen MR) is 96.0 cm³/mol. The van der Waals surface area contributed by atoms with Gasteiger partial charge in [0.05, 0.1) is 6.54 Å². The Morgan fingerprint density at radius 1 is 1.08 bits per heavy atom. The highest BCUT2D eigenvalue weighted by atomic mass is 16.5. The number of likely N-dealkylation sites (tertiary alicyclic amines) is 2. The van der Waals surface area contributed by atoms with Crippen molar-refractivity contribution in [1.29, 1.82) is 0 Å². The molecule has 3 fully saturated rings. The number of nitrogens with zero attached hydrogens (tertiary/aromatic N) is 2. The Labute approximate surface area is 147 Å². The van der Waals surface area contributed by atoms with Crippen LogP contribution in [-0.2, 0) is 9.53 Å². The highest BCUT2D eigenvalue weighted by Gasteiger charge is 2.36. The molecule has 0 atom stereocenters. The second-order valence-corrected chi connectivity index (χ2v) is 8.36. The first kappa shape index (κ1) is 18.2. The van der Waals surface area contributed by atoms with Gasteiger partial charge < -0.3 is 15.0 Å². The summed E-state index contributed by atoms with van der Waals surface area (Å²) in [6.07, 6.45) is 7.07. The number of hydrogen-bond acceptors (Lipinski definition) is 4. The van der Waals surface area contributed by atoms with E-state index in [1.807, 2.05) is 0 Å². The highest BCUT2D eigenvalue weighted by Crippen LogP contribution is 2.40. The summed E-state index contributed by atoms with van der Waals surface area (Å²) < 4.78 is 5.51. The van der Waals surface area contributed by atoms with Gasteiger partial charge in [-0.05, 0) is 70.9 Å². The van der Waals surface area contributed by atoms with Crippen LogP contribution in [-0.4, -0.2) is 73.7 Å². The van der Waals surface area contributed by atoms with E-state index in [1.165, 1.54) is 25.7 Å². The fourth-order valence-corrected chi connectivity index (χ4v) is 4.53. The van der Waals surface area contributed by atoms with Gasteiger partial charge in [0.25, 0.3) is 0 Å². The molecular weight excluding hydrogens is 302 g/mol. The van der Waals surface area contributed by atoms with Gasteiger partial charge in [0.15, 0.2) is 0 Å². The third-order valence-corrected chi connectivity index (χ3v) is 6.46. The van der Waals surface area contributed by atoms with Gasteiger partial charge in [-0.15, -0.1) is 0 Å². The van der Waals surface area contributed by atoms with Gasteiger partial charge in [0.2, 0.25) is 5.91 Å². The smallest absolute Gasteiger partial charge is 0.234 e. The number of nitrogens with one attached hydrogen (secondary N) is 1. The summed E-state index contributed by atoms with van der Waals surface area (Å²) >= 11 is 0. The third-order valence-electron chi connectivity index (χ3n) is 6.46. The number of amides is 1. The fourth-order valence-electron chi connectivity index (χ4n) is 4.53. The van der Waals surface area contributed by atoms with Crippen LogP contribution < -0.4 is 5.32 Å². The normalized spacial score (nSPS) is 26.8. The van der Waals surface area contributed by atoms with Gasteiger partial charge in [0, 0.05) is 38.4 Å². The summed E-state index contributed by atoms with van der Waals surface area (Å²) in [5.41, 5.74) is 0.509. The molecule has 3 rings (SSSR count). The van der Waals surface area contributed by atoms with Gasteiger partial charge in [-0.3, -0.25) is 9.69 Å². The van der Waals surface area contributed by atoms with Crippen LogP contribution in [0, 0.1) is 5.41 Å². The Bertz CT molecular complexity index is 403. The van der Waals surface area contributed by atoms with E-state index in [-0.39, 0.29) is 5.91 Å². The second kappa shape index (κ2) is 8.15. The van der Waals surface area contributed by atoms with Crippen LogP contribution >= 0.6 is 0 Å². The van der Waals surface area contributed by atoms with Crippen molar-refractivity contribution in [3.63, 3.8) is 0 Å². The van der Waals surface area contributed by atoms with Crippen molar-refractivity contribution < 1.29 is 9.53 Å². The molecule has 0 unspecified atom stereocenters. The Morgan fingerprint density at radius 3 is 2.29 bits per heavy atom. The molecule has 0 aromatic carbocycles. The average Bonchev–Trinajstić information content (AvgIpc) is 2.58. The van der Waals surface area contributed by atoms with Crippen molar-refractivity contribution in [3.8, 4) is 0 Å². The minimum absolute atomic E-state index is 0.223. The molecule has 3 aliphatic heterocycles. The van der Waals surface area contributed by atoms with Gasteiger partial charge in [0.1, 0.15) is 0 Å². The number of rotatable bonds is 4. The molecule has 0 aromatic rings. The Kier molecular flexibility index (Phi) is 6.17. The standard InChI is InChI=1S/C19H35N3O2/c1-16(2)22-9-3-17(4-10-22)20-18(23)15-21-11-5-19(6-12-21)7-13-24-14-8-19/h16-17H,3-15H2,1-2H3,(H,20,23). The number of carbonyl (C=O) groups excluding carboxylic acids is 1. The molecule has 0 bridgehead atoms. The first-order valence-corrected chi connectivity index (χ1v) is 9.90. The first-order chi connectivity index (χ1) is 11.6. The zero-order valence-corrected chi connectivity index (χ0v) is 15.6. The van der Waals surface area contributed by atoms with E-state index in [4.69, 9.17) is 4.74 Å². The number of hydrogen-bond donors (Lipinski definition) is 1. The molecule has 0 saturated carbocycles. The molecule has 3 saturated heterocycles. The predicted octanol–water partition coefficient (Wildman–Crippen LogP) is 1.87. The lowest BCUT2D eigenvalue weighted by molar-refractivity contribution is -0.124. The lowest BCUT2D eigenvalue weighted by atomic mass is 9.72. The SMILES string of the molecule is CC(C)N1CCC(NC(=O)CN2CCC3(CCOCC3)CC2)CC1. The third kappa shape index (κ3) is 4.70. The van der Waals surface area contributed by atoms with Crippen LogP contribution in [0.5, 0.6) is 0 Å². The quantitative estimate of drug-likeness (QED) is 0.851. The summed E-state index contributed by atoms with van der Waals surface area (Å²) in [5.74, 6) is 0.223. The lowest BCUT2D eigenvalue weighted by Gasteiger charge is -2.44. The second-order valence-electron chi connectivity index (χ2n) is 8.36. The first-order valence-electron chi connectivity index (χ1n) is 9.90. The van der Waals surface area contributed by atoms with Gasteiger partial charge in [-0.2, -0.15) is 0 Å². The molecule has 0 aromatic heterocycles. The molecule has 24 heavy (non-hydrogen) atoms. The molecule has 3 aliphatic rings. The average molecular weight is 338 g/mol. The van der Waals surface area contributed by atoms with E-state index in [1.54, 1.807) is 0 Å². The van der Waals surface area contributed by atoms with E-state index in [2.05, 4.69) is 29.0 Å². The Morgan fingerprint density at radius 2 is 1.71 bits per heavy atom. The molecule has 1 spiro atoms.